The van der Waals surface area contributed by atoms with E-state index in [-0.39, 0.29) is 18.3 Å². The third-order valence-corrected chi connectivity index (χ3v) is 5.49. The lowest BCUT2D eigenvalue weighted by molar-refractivity contribution is -0.134. The van der Waals surface area contributed by atoms with E-state index in [0.717, 1.165) is 36.8 Å². The van der Waals surface area contributed by atoms with Gasteiger partial charge in [-0.25, -0.2) is 0 Å². The second-order valence-corrected chi connectivity index (χ2v) is 8.35. The molecule has 0 amide bonds. The summed E-state index contributed by atoms with van der Waals surface area (Å²) in [7, 11) is 0. The third kappa shape index (κ3) is 8.66. The molecule has 3 rings (SSSR count). The molecule has 0 radical (unpaired) electrons. The lowest BCUT2D eigenvalue weighted by Gasteiger charge is -2.22. The molecule has 0 spiro atoms. The Balaban J connectivity index is 1.64. The van der Waals surface area contributed by atoms with Crippen molar-refractivity contribution in [3.8, 4) is 5.75 Å². The maximum absolute atomic E-state index is 13.1. The maximum Gasteiger partial charge on any atom is 0.311 e. The standard InChI is InChI=1S/C29H33NO3/c1-2-3-4-11-19-29(32)33-27-18-12-17-26(20-27)28(31)23-30(21-24-13-7-5-8-14-24)22-25-15-9-6-10-16-25/h5-10,12-18,20H,2-4,11,19,21-23H2,1H3. The van der Waals surface area contributed by atoms with E-state index >= 15 is 0 Å². The number of ketones is 1. The van der Waals surface area contributed by atoms with Crippen LogP contribution in [0.5, 0.6) is 5.75 Å². The van der Waals surface area contributed by atoms with Gasteiger partial charge in [0.05, 0.1) is 6.54 Å². The normalized spacial score (nSPS) is 10.8. The Kier molecular flexibility index (Phi) is 9.86. The molecule has 0 saturated heterocycles. The summed E-state index contributed by atoms with van der Waals surface area (Å²) in [4.78, 5) is 27.4. The Morgan fingerprint density at radius 2 is 1.39 bits per heavy atom. The van der Waals surface area contributed by atoms with Crippen LogP contribution in [0.25, 0.3) is 0 Å². The molecule has 0 heterocycles. The van der Waals surface area contributed by atoms with E-state index in [0.29, 0.717) is 30.8 Å². The van der Waals surface area contributed by atoms with Gasteiger partial charge in [-0.15, -0.1) is 0 Å². The van der Waals surface area contributed by atoms with Crippen molar-refractivity contribution in [2.45, 2.75) is 52.1 Å². The number of unbranched alkanes of at least 4 members (excludes halogenated alkanes) is 3. The molecule has 0 aliphatic carbocycles. The van der Waals surface area contributed by atoms with Crippen molar-refractivity contribution < 1.29 is 14.3 Å². The highest BCUT2D eigenvalue weighted by Gasteiger charge is 2.15. The summed E-state index contributed by atoms with van der Waals surface area (Å²) < 4.78 is 5.48. The lowest BCUT2D eigenvalue weighted by Crippen LogP contribution is -2.29. The molecule has 4 heteroatoms. The molecule has 0 atom stereocenters. The first-order valence-corrected chi connectivity index (χ1v) is 11.8. The zero-order valence-electron chi connectivity index (χ0n) is 19.4. The van der Waals surface area contributed by atoms with Gasteiger partial charge in [0.25, 0.3) is 0 Å². The van der Waals surface area contributed by atoms with Gasteiger partial charge in [-0.2, -0.15) is 0 Å². The Hall–Kier alpha value is -3.24. The van der Waals surface area contributed by atoms with Gasteiger partial charge in [-0.1, -0.05) is 99.0 Å². The van der Waals surface area contributed by atoms with Crippen LogP contribution in [0.3, 0.4) is 0 Å². The van der Waals surface area contributed by atoms with Crippen LogP contribution in [0.2, 0.25) is 0 Å². The number of hydrogen-bond acceptors (Lipinski definition) is 4. The van der Waals surface area contributed by atoms with Gasteiger partial charge in [-0.05, 0) is 29.7 Å². The highest BCUT2D eigenvalue weighted by atomic mass is 16.5. The van der Waals surface area contributed by atoms with E-state index < -0.39 is 0 Å². The predicted octanol–water partition coefficient (Wildman–Crippen LogP) is 6.45. The summed E-state index contributed by atoms with van der Waals surface area (Å²) in [5.41, 5.74) is 2.87. The molecule has 0 aliphatic rings. The molecule has 172 valence electrons. The number of carbonyl (C=O) groups excluding carboxylic acids is 2. The minimum absolute atomic E-state index is 0.00251. The molecule has 0 N–H and O–H groups in total. The minimum Gasteiger partial charge on any atom is -0.427 e. The first-order valence-electron chi connectivity index (χ1n) is 11.8. The molecule has 0 fully saturated rings. The second-order valence-electron chi connectivity index (χ2n) is 8.35. The molecule has 0 bridgehead atoms. The number of nitrogens with zero attached hydrogens (tertiary/aromatic N) is 1. The predicted molar refractivity (Wildman–Crippen MR) is 132 cm³/mol. The zero-order valence-corrected chi connectivity index (χ0v) is 19.4. The number of rotatable bonds is 13. The van der Waals surface area contributed by atoms with Crippen molar-refractivity contribution in [3.63, 3.8) is 0 Å². The van der Waals surface area contributed by atoms with E-state index in [2.05, 4.69) is 36.1 Å². The fraction of sp³-hybridized carbons (Fsp3) is 0.310. The van der Waals surface area contributed by atoms with Crippen molar-refractivity contribution in [2.24, 2.45) is 0 Å². The van der Waals surface area contributed by atoms with E-state index in [9.17, 15) is 9.59 Å². The van der Waals surface area contributed by atoms with Crippen LogP contribution in [0.4, 0.5) is 0 Å². The lowest BCUT2D eigenvalue weighted by atomic mass is 10.1. The van der Waals surface area contributed by atoms with Crippen LogP contribution >= 0.6 is 0 Å². The van der Waals surface area contributed by atoms with E-state index in [1.54, 1.807) is 24.3 Å². The molecule has 0 saturated carbocycles. The number of benzene rings is 3. The molecular formula is C29H33NO3. The van der Waals surface area contributed by atoms with Crippen molar-refractivity contribution >= 4 is 11.8 Å². The highest BCUT2D eigenvalue weighted by Crippen LogP contribution is 2.17. The molecule has 0 unspecified atom stereocenters. The summed E-state index contributed by atoms with van der Waals surface area (Å²) in [6, 6.07) is 27.3. The summed E-state index contributed by atoms with van der Waals surface area (Å²) in [5, 5.41) is 0. The maximum atomic E-state index is 13.1. The largest absolute Gasteiger partial charge is 0.427 e. The smallest absolute Gasteiger partial charge is 0.311 e. The van der Waals surface area contributed by atoms with Crippen LogP contribution in [0, 0.1) is 0 Å². The van der Waals surface area contributed by atoms with Crippen molar-refractivity contribution in [1.82, 2.24) is 4.90 Å². The molecule has 0 aromatic heterocycles. The molecule has 3 aromatic carbocycles. The average Bonchev–Trinajstić information content (AvgIpc) is 2.83. The molecule has 4 nitrogen and oxygen atoms in total. The van der Waals surface area contributed by atoms with Crippen LogP contribution in [-0.4, -0.2) is 23.2 Å². The van der Waals surface area contributed by atoms with Gasteiger partial charge >= 0.3 is 5.97 Å². The Morgan fingerprint density at radius 1 is 0.758 bits per heavy atom. The number of carbonyl (C=O) groups is 2. The molecule has 3 aromatic rings. The fourth-order valence-electron chi connectivity index (χ4n) is 3.76. The number of ether oxygens (including phenoxy) is 1. The summed E-state index contributed by atoms with van der Waals surface area (Å²) in [6.07, 6.45) is 4.52. The molecular weight excluding hydrogens is 410 g/mol. The quantitative estimate of drug-likeness (QED) is 0.132. The van der Waals surface area contributed by atoms with Crippen molar-refractivity contribution in [3.05, 3.63) is 102 Å². The summed E-state index contributed by atoms with van der Waals surface area (Å²) in [6.45, 7) is 3.77. The number of Topliss-reactive ketones (excluding diaryl/α,β-unsaturated/α-hetero) is 1. The topological polar surface area (TPSA) is 46.6 Å². The molecule has 0 aliphatic heterocycles. The van der Waals surface area contributed by atoms with E-state index in [4.69, 9.17) is 4.74 Å². The molecule has 33 heavy (non-hydrogen) atoms. The fourth-order valence-corrected chi connectivity index (χ4v) is 3.76. The minimum atomic E-state index is -0.245. The second kappa shape index (κ2) is 13.3. The van der Waals surface area contributed by atoms with Gasteiger partial charge in [0, 0.05) is 25.1 Å². The van der Waals surface area contributed by atoms with Crippen LogP contribution in [0.1, 0.15) is 60.5 Å². The summed E-state index contributed by atoms with van der Waals surface area (Å²) in [5.74, 6) is 0.187. The van der Waals surface area contributed by atoms with Crippen LogP contribution in [0.15, 0.2) is 84.9 Å². The van der Waals surface area contributed by atoms with Gasteiger partial charge in [0.15, 0.2) is 5.78 Å². The van der Waals surface area contributed by atoms with Crippen molar-refractivity contribution in [2.75, 3.05) is 6.54 Å². The van der Waals surface area contributed by atoms with Gasteiger partial charge < -0.3 is 4.74 Å². The van der Waals surface area contributed by atoms with E-state index in [1.807, 2.05) is 36.4 Å². The Bertz CT molecular complexity index is 960. The van der Waals surface area contributed by atoms with Gasteiger partial charge in [-0.3, -0.25) is 14.5 Å². The van der Waals surface area contributed by atoms with E-state index in [1.165, 1.54) is 0 Å². The van der Waals surface area contributed by atoms with Crippen LogP contribution in [-0.2, 0) is 17.9 Å². The Morgan fingerprint density at radius 3 is 2.00 bits per heavy atom. The first-order chi connectivity index (χ1) is 16.1. The van der Waals surface area contributed by atoms with Gasteiger partial charge in [0.1, 0.15) is 5.75 Å². The zero-order chi connectivity index (χ0) is 23.3. The van der Waals surface area contributed by atoms with Crippen LogP contribution < -0.4 is 4.74 Å². The monoisotopic (exact) mass is 443 g/mol. The number of esters is 1. The SMILES string of the molecule is CCCCCCC(=O)Oc1cccc(C(=O)CN(Cc2ccccc2)Cc2ccccc2)c1. The number of hydrogen-bond donors (Lipinski definition) is 0. The van der Waals surface area contributed by atoms with Gasteiger partial charge in [0.2, 0.25) is 0 Å². The Labute approximate surface area is 197 Å². The first kappa shape index (κ1) is 24.4. The summed E-state index contributed by atoms with van der Waals surface area (Å²) >= 11 is 0. The highest BCUT2D eigenvalue weighted by molar-refractivity contribution is 5.98. The van der Waals surface area contributed by atoms with Crippen molar-refractivity contribution in [1.29, 1.82) is 0 Å². The average molecular weight is 444 g/mol. The third-order valence-electron chi connectivity index (χ3n) is 5.49.